The number of hydrogen-bond acceptors (Lipinski definition) is 5. The summed E-state index contributed by atoms with van der Waals surface area (Å²) in [6, 6.07) is 0.175. The number of hydrogen-bond donors (Lipinski definition) is 1. The summed E-state index contributed by atoms with van der Waals surface area (Å²) in [7, 11) is 1.67. The van der Waals surface area contributed by atoms with Crippen LogP contribution in [0.1, 0.15) is 27.7 Å². The average Bonchev–Trinajstić information content (AvgIpc) is 2.17. The molecule has 0 aliphatic rings. The zero-order valence-electron chi connectivity index (χ0n) is 9.80. The molecular weight excluding hydrogens is 220 g/mol. The molecule has 0 heterocycles. The third kappa shape index (κ3) is 19.7. The maximum atomic E-state index is 10.6. The summed E-state index contributed by atoms with van der Waals surface area (Å²) in [5.74, 6) is 4.67. The van der Waals surface area contributed by atoms with Crippen molar-refractivity contribution in [2.75, 3.05) is 7.05 Å². The Hall–Kier alpha value is -0.630. The van der Waals surface area contributed by atoms with E-state index in [1.807, 2.05) is 13.8 Å². The van der Waals surface area contributed by atoms with Crippen molar-refractivity contribution in [2.45, 2.75) is 33.7 Å². The molecular formula is C8H20N2O4S. The van der Waals surface area contributed by atoms with Gasteiger partial charge in [0.25, 0.3) is 11.3 Å². The highest BCUT2D eigenvalue weighted by Crippen LogP contribution is 1.96. The van der Waals surface area contributed by atoms with E-state index in [1.165, 1.54) is 18.2 Å². The zero-order valence-corrected chi connectivity index (χ0v) is 10.6. The highest BCUT2D eigenvalue weighted by Gasteiger charge is 2.09. The summed E-state index contributed by atoms with van der Waals surface area (Å²) in [5.41, 5.74) is 0. The van der Waals surface area contributed by atoms with Crippen LogP contribution in [-0.2, 0) is 25.1 Å². The van der Waals surface area contributed by atoms with E-state index in [0.29, 0.717) is 0 Å². The second-order valence-corrected chi connectivity index (χ2v) is 3.63. The summed E-state index contributed by atoms with van der Waals surface area (Å²) in [6.45, 7) is 6.69. The number of carbonyl (C=O) groups is 2. The zero-order chi connectivity index (χ0) is 12.9. The monoisotopic (exact) mass is 240 g/mol. The number of aldehydes is 2. The Balaban J connectivity index is -0.000000200. The van der Waals surface area contributed by atoms with Crippen molar-refractivity contribution < 1.29 is 18.1 Å². The predicted octanol–water partition coefficient (Wildman–Crippen LogP) is 0.206. The van der Waals surface area contributed by atoms with Gasteiger partial charge in [-0.25, -0.2) is 8.51 Å². The van der Waals surface area contributed by atoms with Gasteiger partial charge < -0.3 is 9.59 Å². The standard InChI is InChI=1S/C4H12N2O2S.2C2H4O/c1-4(2)6(3)9(7)8-5;2*1-2-3/h4H,5H2,1-3H3;2*2H,1H3. The molecule has 1 unspecified atom stereocenters. The highest BCUT2D eigenvalue weighted by molar-refractivity contribution is 7.77. The molecule has 0 aromatic carbocycles. The molecule has 0 aliphatic heterocycles. The summed E-state index contributed by atoms with van der Waals surface area (Å²) in [5, 5.41) is 0. The van der Waals surface area contributed by atoms with Gasteiger partial charge in [-0.1, -0.05) is 0 Å². The van der Waals surface area contributed by atoms with E-state index in [2.05, 4.69) is 10.2 Å². The fourth-order valence-electron chi connectivity index (χ4n) is 0.240. The lowest BCUT2D eigenvalue weighted by molar-refractivity contribution is -0.106. The van der Waals surface area contributed by atoms with Gasteiger partial charge in [-0.15, -0.1) is 0 Å². The molecule has 0 saturated carbocycles. The molecule has 92 valence electrons. The predicted molar refractivity (Wildman–Crippen MR) is 59.8 cm³/mol. The number of carbonyl (C=O) groups excluding carboxylic acids is 2. The first-order valence-electron chi connectivity index (χ1n) is 4.24. The fraction of sp³-hybridized carbons (Fsp3) is 0.750. The number of nitrogens with two attached hydrogens (primary N) is 1. The molecule has 15 heavy (non-hydrogen) atoms. The van der Waals surface area contributed by atoms with E-state index in [9.17, 15) is 4.21 Å². The summed E-state index contributed by atoms with van der Waals surface area (Å²) < 4.78 is 16.2. The highest BCUT2D eigenvalue weighted by atomic mass is 32.2. The van der Waals surface area contributed by atoms with Crippen LogP contribution in [0, 0.1) is 0 Å². The third-order valence-electron chi connectivity index (χ3n) is 1.04. The van der Waals surface area contributed by atoms with Crippen LogP contribution in [-0.4, -0.2) is 34.2 Å². The van der Waals surface area contributed by atoms with E-state index in [4.69, 9.17) is 9.59 Å². The smallest absolute Gasteiger partial charge is 0.254 e. The largest absolute Gasteiger partial charge is 0.304 e. The lowest BCUT2D eigenvalue weighted by Gasteiger charge is -2.16. The van der Waals surface area contributed by atoms with Crippen LogP contribution >= 0.6 is 0 Å². The van der Waals surface area contributed by atoms with Crippen LogP contribution in [0.5, 0.6) is 0 Å². The van der Waals surface area contributed by atoms with E-state index in [-0.39, 0.29) is 6.04 Å². The number of rotatable bonds is 3. The molecule has 0 aromatic rings. The first kappa shape index (κ1) is 19.9. The molecule has 2 N–H and O–H groups in total. The molecule has 0 aromatic heterocycles. The van der Waals surface area contributed by atoms with Crippen molar-refractivity contribution >= 4 is 23.8 Å². The SMILES string of the molecule is CC(C)N(C)S(=O)ON.CC=O.CC=O. The minimum atomic E-state index is -1.49. The molecule has 7 heteroatoms. The summed E-state index contributed by atoms with van der Waals surface area (Å²) in [4.78, 5) is 17.6. The average molecular weight is 240 g/mol. The Morgan fingerprint density at radius 2 is 1.53 bits per heavy atom. The van der Waals surface area contributed by atoms with Crippen molar-refractivity contribution in [3.8, 4) is 0 Å². The van der Waals surface area contributed by atoms with E-state index in [1.54, 1.807) is 7.05 Å². The van der Waals surface area contributed by atoms with Crippen LogP contribution in [0.4, 0.5) is 0 Å². The minimum absolute atomic E-state index is 0.175. The molecule has 0 bridgehead atoms. The van der Waals surface area contributed by atoms with Crippen LogP contribution in [0.15, 0.2) is 0 Å². The summed E-state index contributed by atoms with van der Waals surface area (Å²) >= 11 is -1.49. The molecule has 1 atom stereocenters. The van der Waals surface area contributed by atoms with Crippen molar-refractivity contribution in [1.82, 2.24) is 4.31 Å². The first-order valence-corrected chi connectivity index (χ1v) is 5.27. The van der Waals surface area contributed by atoms with Gasteiger partial charge in [0.15, 0.2) is 0 Å². The molecule has 6 nitrogen and oxygen atoms in total. The van der Waals surface area contributed by atoms with Crippen LogP contribution in [0.25, 0.3) is 0 Å². The van der Waals surface area contributed by atoms with Crippen molar-refractivity contribution in [2.24, 2.45) is 5.90 Å². The normalized spacial score (nSPS) is 10.7. The van der Waals surface area contributed by atoms with Gasteiger partial charge in [-0.05, 0) is 27.7 Å². The third-order valence-corrected chi connectivity index (χ3v) is 2.10. The molecule has 0 fully saturated rings. The molecule has 0 amide bonds. The van der Waals surface area contributed by atoms with E-state index >= 15 is 0 Å². The van der Waals surface area contributed by atoms with Crippen LogP contribution in [0.3, 0.4) is 0 Å². The van der Waals surface area contributed by atoms with Crippen LogP contribution < -0.4 is 5.90 Å². The minimum Gasteiger partial charge on any atom is -0.304 e. The molecule has 0 saturated heterocycles. The van der Waals surface area contributed by atoms with Gasteiger partial charge in [0.1, 0.15) is 12.6 Å². The van der Waals surface area contributed by atoms with Gasteiger partial charge >= 0.3 is 0 Å². The topological polar surface area (TPSA) is 89.7 Å². The quantitative estimate of drug-likeness (QED) is 0.562. The summed E-state index contributed by atoms with van der Waals surface area (Å²) in [6.07, 6.45) is 1.50. The van der Waals surface area contributed by atoms with Gasteiger partial charge in [0.05, 0.1) is 0 Å². The van der Waals surface area contributed by atoms with Crippen molar-refractivity contribution in [3.63, 3.8) is 0 Å². The second kappa shape index (κ2) is 15.8. The maximum absolute atomic E-state index is 10.6. The lowest BCUT2D eigenvalue weighted by atomic mass is 10.4. The molecule has 0 rings (SSSR count). The Morgan fingerprint density at radius 1 is 1.27 bits per heavy atom. The fourth-order valence-corrected chi connectivity index (χ4v) is 0.720. The lowest BCUT2D eigenvalue weighted by Crippen LogP contribution is -2.30. The Bertz CT molecular complexity index is 170. The Morgan fingerprint density at radius 3 is 1.60 bits per heavy atom. The first-order chi connectivity index (χ1) is 6.92. The second-order valence-electron chi connectivity index (χ2n) is 2.42. The molecule has 0 aliphatic carbocycles. The van der Waals surface area contributed by atoms with Gasteiger partial charge in [-0.3, -0.25) is 0 Å². The van der Waals surface area contributed by atoms with Gasteiger partial charge in [0.2, 0.25) is 0 Å². The maximum Gasteiger partial charge on any atom is 0.254 e. The van der Waals surface area contributed by atoms with Crippen molar-refractivity contribution in [1.29, 1.82) is 0 Å². The molecule has 0 radical (unpaired) electrons. The van der Waals surface area contributed by atoms with E-state index < -0.39 is 11.3 Å². The van der Waals surface area contributed by atoms with E-state index in [0.717, 1.165) is 12.6 Å². The Labute approximate surface area is 93.5 Å². The number of nitrogens with zero attached hydrogens (tertiary/aromatic N) is 1. The van der Waals surface area contributed by atoms with Gasteiger partial charge in [0, 0.05) is 13.1 Å². The Kier molecular flexibility index (Phi) is 21.0. The van der Waals surface area contributed by atoms with Crippen LogP contribution in [0.2, 0.25) is 0 Å². The molecule has 0 spiro atoms. The van der Waals surface area contributed by atoms with Crippen molar-refractivity contribution in [3.05, 3.63) is 0 Å². The van der Waals surface area contributed by atoms with Gasteiger partial charge in [-0.2, -0.15) is 10.2 Å².